The number of nitro benzene ring substituents is 2. The molecule has 112 valence electrons. The number of benzene rings is 1. The van der Waals surface area contributed by atoms with E-state index in [4.69, 9.17) is 0 Å². The van der Waals surface area contributed by atoms with Gasteiger partial charge < -0.3 is 0 Å². The Morgan fingerprint density at radius 1 is 1.10 bits per heavy atom. The highest BCUT2D eigenvalue weighted by atomic mass is 19.1. The van der Waals surface area contributed by atoms with E-state index in [2.05, 4.69) is 10.2 Å². The van der Waals surface area contributed by atoms with Crippen molar-refractivity contribution in [1.82, 2.24) is 0 Å². The highest BCUT2D eigenvalue weighted by Gasteiger charge is 2.32. The first-order valence-electron chi connectivity index (χ1n) is 6.46. The summed E-state index contributed by atoms with van der Waals surface area (Å²) in [4.78, 5) is 20.0. The Morgan fingerprint density at radius 3 is 2.33 bits per heavy atom. The first-order valence-corrected chi connectivity index (χ1v) is 6.46. The van der Waals surface area contributed by atoms with Crippen molar-refractivity contribution in [3.8, 4) is 0 Å². The van der Waals surface area contributed by atoms with Crippen molar-refractivity contribution >= 4 is 17.1 Å². The molecule has 0 saturated heterocycles. The number of nitrogens with zero attached hydrogens (tertiary/aromatic N) is 4. The number of hydrogen-bond acceptors (Lipinski definition) is 6. The maximum absolute atomic E-state index is 14.3. The Kier molecular flexibility index (Phi) is 4.20. The smallest absolute Gasteiger partial charge is 0.258 e. The predicted molar refractivity (Wildman–Crippen MR) is 71.2 cm³/mol. The van der Waals surface area contributed by atoms with Crippen LogP contribution in [-0.2, 0) is 0 Å². The van der Waals surface area contributed by atoms with Crippen molar-refractivity contribution < 1.29 is 14.2 Å². The lowest BCUT2D eigenvalue weighted by atomic mass is 9.94. The lowest BCUT2D eigenvalue weighted by molar-refractivity contribution is -0.393. The summed E-state index contributed by atoms with van der Waals surface area (Å²) in [6.45, 7) is 0. The van der Waals surface area contributed by atoms with Gasteiger partial charge in [-0.3, -0.25) is 20.2 Å². The SMILES string of the molecule is O=[N+]([O-])c1ccc(N=NC2(F)CCCCC2)c([N+](=O)[O-])c1. The Balaban J connectivity index is 2.30. The van der Waals surface area contributed by atoms with Crippen LogP contribution >= 0.6 is 0 Å². The summed E-state index contributed by atoms with van der Waals surface area (Å²) in [5.74, 6) is -1.80. The van der Waals surface area contributed by atoms with E-state index in [0.29, 0.717) is 12.8 Å². The van der Waals surface area contributed by atoms with Gasteiger partial charge in [0.1, 0.15) is 0 Å². The molecule has 1 aromatic carbocycles. The molecule has 0 aromatic heterocycles. The molecule has 0 bridgehead atoms. The van der Waals surface area contributed by atoms with Gasteiger partial charge in [-0.2, -0.15) is 0 Å². The lowest BCUT2D eigenvalue weighted by Gasteiger charge is -2.23. The zero-order chi connectivity index (χ0) is 15.5. The normalized spacial score (nSPS) is 17.8. The van der Waals surface area contributed by atoms with Gasteiger partial charge in [0.2, 0.25) is 5.79 Å². The maximum Gasteiger partial charge on any atom is 0.303 e. The third kappa shape index (κ3) is 3.56. The molecule has 0 heterocycles. The lowest BCUT2D eigenvalue weighted by Crippen LogP contribution is -2.22. The van der Waals surface area contributed by atoms with Gasteiger partial charge in [-0.15, -0.1) is 10.2 Å². The Morgan fingerprint density at radius 2 is 1.76 bits per heavy atom. The highest BCUT2D eigenvalue weighted by Crippen LogP contribution is 2.36. The Hall–Kier alpha value is -2.45. The van der Waals surface area contributed by atoms with Crippen molar-refractivity contribution in [2.24, 2.45) is 10.2 Å². The summed E-state index contributed by atoms with van der Waals surface area (Å²) in [6.07, 6.45) is 2.78. The second kappa shape index (κ2) is 5.90. The molecule has 0 unspecified atom stereocenters. The molecule has 0 spiro atoms. The topological polar surface area (TPSA) is 111 Å². The zero-order valence-corrected chi connectivity index (χ0v) is 11.1. The molecule has 1 fully saturated rings. The van der Waals surface area contributed by atoms with E-state index in [1.54, 1.807) is 0 Å². The molecule has 2 rings (SSSR count). The fourth-order valence-corrected chi connectivity index (χ4v) is 2.19. The second-order valence-electron chi connectivity index (χ2n) is 4.87. The number of rotatable bonds is 4. The third-order valence-electron chi connectivity index (χ3n) is 3.32. The van der Waals surface area contributed by atoms with Crippen molar-refractivity contribution in [2.75, 3.05) is 0 Å². The van der Waals surface area contributed by atoms with Crippen LogP contribution in [0.3, 0.4) is 0 Å². The summed E-state index contributed by atoms with van der Waals surface area (Å²) >= 11 is 0. The first kappa shape index (κ1) is 14.9. The van der Waals surface area contributed by atoms with E-state index >= 15 is 0 Å². The van der Waals surface area contributed by atoms with Crippen LogP contribution in [0.5, 0.6) is 0 Å². The number of hydrogen-bond donors (Lipinski definition) is 0. The zero-order valence-electron chi connectivity index (χ0n) is 11.1. The standard InChI is InChI=1S/C12H13FN4O4/c13-12(6-2-1-3-7-12)15-14-10-5-4-9(16(18)19)8-11(10)17(20)21/h4-5,8H,1-3,6-7H2. The van der Waals surface area contributed by atoms with Crippen LogP contribution in [0.4, 0.5) is 21.5 Å². The molecule has 0 radical (unpaired) electrons. The number of nitro groups is 2. The quantitative estimate of drug-likeness (QED) is 0.358. The number of non-ortho nitro benzene ring substituents is 1. The van der Waals surface area contributed by atoms with Gasteiger partial charge in [-0.25, -0.2) is 4.39 Å². The van der Waals surface area contributed by atoms with E-state index in [9.17, 15) is 24.6 Å². The molecular weight excluding hydrogens is 283 g/mol. The van der Waals surface area contributed by atoms with Gasteiger partial charge in [-0.05, 0) is 18.9 Å². The molecule has 0 N–H and O–H groups in total. The van der Waals surface area contributed by atoms with Gasteiger partial charge >= 0.3 is 5.69 Å². The number of alkyl halides is 1. The van der Waals surface area contributed by atoms with Gasteiger partial charge in [0, 0.05) is 18.9 Å². The van der Waals surface area contributed by atoms with Crippen LogP contribution in [0.25, 0.3) is 0 Å². The highest BCUT2D eigenvalue weighted by molar-refractivity contribution is 5.61. The number of azo groups is 1. The molecule has 0 atom stereocenters. The molecule has 1 aromatic rings. The van der Waals surface area contributed by atoms with Crippen LogP contribution in [0.15, 0.2) is 28.4 Å². The Bertz CT molecular complexity index is 599. The minimum atomic E-state index is -1.80. The maximum atomic E-state index is 14.3. The van der Waals surface area contributed by atoms with Crippen LogP contribution in [-0.4, -0.2) is 15.6 Å². The molecule has 9 heteroatoms. The van der Waals surface area contributed by atoms with Crippen LogP contribution < -0.4 is 0 Å². The van der Waals surface area contributed by atoms with E-state index in [-0.39, 0.29) is 18.5 Å². The summed E-state index contributed by atoms with van der Waals surface area (Å²) in [6, 6.07) is 2.97. The number of halogens is 1. The van der Waals surface area contributed by atoms with Gasteiger partial charge in [0.05, 0.1) is 15.9 Å². The largest absolute Gasteiger partial charge is 0.303 e. The second-order valence-corrected chi connectivity index (χ2v) is 4.87. The average Bonchev–Trinajstić information content (AvgIpc) is 2.45. The monoisotopic (exact) mass is 296 g/mol. The first-order chi connectivity index (χ1) is 9.91. The van der Waals surface area contributed by atoms with Gasteiger partial charge in [0.15, 0.2) is 5.69 Å². The van der Waals surface area contributed by atoms with Crippen molar-refractivity contribution in [3.63, 3.8) is 0 Å². The summed E-state index contributed by atoms with van der Waals surface area (Å²) < 4.78 is 14.3. The van der Waals surface area contributed by atoms with E-state index < -0.39 is 27.0 Å². The molecule has 1 saturated carbocycles. The predicted octanol–water partition coefficient (Wildman–Crippen LogP) is 4.22. The van der Waals surface area contributed by atoms with Gasteiger partial charge in [0.25, 0.3) is 5.69 Å². The molecule has 0 aliphatic heterocycles. The third-order valence-corrected chi connectivity index (χ3v) is 3.32. The summed E-state index contributed by atoms with van der Waals surface area (Å²) in [5, 5.41) is 28.7. The van der Waals surface area contributed by atoms with E-state index in [1.165, 1.54) is 0 Å². The van der Waals surface area contributed by atoms with Crippen molar-refractivity contribution in [3.05, 3.63) is 38.4 Å². The van der Waals surface area contributed by atoms with Crippen molar-refractivity contribution in [1.29, 1.82) is 0 Å². The fourth-order valence-electron chi connectivity index (χ4n) is 2.19. The van der Waals surface area contributed by atoms with Crippen LogP contribution in [0, 0.1) is 20.2 Å². The molecule has 8 nitrogen and oxygen atoms in total. The van der Waals surface area contributed by atoms with E-state index in [0.717, 1.165) is 24.6 Å². The summed E-state index contributed by atoms with van der Waals surface area (Å²) in [5.41, 5.74) is -1.17. The molecule has 1 aliphatic rings. The molecule has 0 amide bonds. The molecule has 21 heavy (non-hydrogen) atoms. The average molecular weight is 296 g/mol. The van der Waals surface area contributed by atoms with Crippen LogP contribution in [0.2, 0.25) is 0 Å². The van der Waals surface area contributed by atoms with Crippen molar-refractivity contribution in [2.45, 2.75) is 37.9 Å². The molecule has 1 aliphatic carbocycles. The van der Waals surface area contributed by atoms with E-state index in [1.807, 2.05) is 0 Å². The summed E-state index contributed by atoms with van der Waals surface area (Å²) in [7, 11) is 0. The Labute approximate surface area is 119 Å². The van der Waals surface area contributed by atoms with Gasteiger partial charge in [-0.1, -0.05) is 6.42 Å². The molecular formula is C12H13FN4O4. The van der Waals surface area contributed by atoms with Crippen LogP contribution in [0.1, 0.15) is 32.1 Å². The minimum Gasteiger partial charge on any atom is -0.258 e. The fraction of sp³-hybridized carbons (Fsp3) is 0.500. The minimum absolute atomic E-state index is 0.187.